The van der Waals surface area contributed by atoms with Gasteiger partial charge in [-0.15, -0.1) is 0 Å². The van der Waals surface area contributed by atoms with E-state index in [2.05, 4.69) is 9.97 Å². The Morgan fingerprint density at radius 1 is 0.600 bits per heavy atom. The molecule has 0 spiro atoms. The molecule has 1 aromatic heterocycles. The average molecular weight is 410 g/mol. The summed E-state index contributed by atoms with van der Waals surface area (Å²) in [4.78, 5) is 30.3. The summed E-state index contributed by atoms with van der Waals surface area (Å²) >= 11 is 0. The monoisotopic (exact) mass is 410 g/mol. The molecule has 3 rings (SSSR count). The number of aromatic amines is 2. The molecule has 2 N–H and O–H groups in total. The minimum Gasteiger partial charge on any atom is -0.493 e. The highest BCUT2D eigenvalue weighted by Crippen LogP contribution is 2.28. The molecule has 156 valence electrons. The van der Waals surface area contributed by atoms with Crippen molar-refractivity contribution in [1.82, 2.24) is 9.97 Å². The van der Waals surface area contributed by atoms with Crippen LogP contribution in [0.15, 0.2) is 46.0 Å². The molecule has 0 saturated carbocycles. The van der Waals surface area contributed by atoms with Crippen molar-refractivity contribution in [3.8, 4) is 23.0 Å². The molecule has 0 atom stereocenters. The molecule has 0 saturated heterocycles. The van der Waals surface area contributed by atoms with Crippen molar-refractivity contribution in [2.24, 2.45) is 0 Å². The maximum absolute atomic E-state index is 12.5. The summed E-state index contributed by atoms with van der Waals surface area (Å²) in [5.74, 6) is 2.17. The second-order valence-corrected chi connectivity index (χ2v) is 6.25. The van der Waals surface area contributed by atoms with Gasteiger partial charge >= 0.3 is 0 Å². The van der Waals surface area contributed by atoms with Crippen LogP contribution in [0.3, 0.4) is 0 Å². The lowest BCUT2D eigenvalue weighted by Crippen LogP contribution is -2.46. The molecular formula is C22H22N2O6. The molecule has 3 aromatic rings. The van der Waals surface area contributed by atoms with Gasteiger partial charge in [0.05, 0.1) is 28.4 Å². The lowest BCUT2D eigenvalue weighted by Gasteiger charge is -2.07. The van der Waals surface area contributed by atoms with E-state index in [1.807, 2.05) is 0 Å². The van der Waals surface area contributed by atoms with Crippen LogP contribution in [0, 0.1) is 0 Å². The van der Waals surface area contributed by atoms with Gasteiger partial charge in [-0.25, -0.2) is 0 Å². The summed E-state index contributed by atoms with van der Waals surface area (Å²) in [6.07, 6.45) is 3.12. The summed E-state index contributed by atoms with van der Waals surface area (Å²) in [7, 11) is 6.12. The van der Waals surface area contributed by atoms with Crippen LogP contribution < -0.4 is 40.8 Å². The van der Waals surface area contributed by atoms with Gasteiger partial charge in [-0.3, -0.25) is 9.59 Å². The van der Waals surface area contributed by atoms with E-state index in [4.69, 9.17) is 18.9 Å². The Morgan fingerprint density at radius 3 is 1.30 bits per heavy atom. The van der Waals surface area contributed by atoms with E-state index in [0.717, 1.165) is 0 Å². The number of H-pyrrole nitrogens is 2. The number of ether oxygens (including phenoxy) is 4. The van der Waals surface area contributed by atoms with Crippen molar-refractivity contribution >= 4 is 12.2 Å². The van der Waals surface area contributed by atoms with Crippen molar-refractivity contribution in [1.29, 1.82) is 0 Å². The van der Waals surface area contributed by atoms with Gasteiger partial charge in [0.1, 0.15) is 10.7 Å². The first kappa shape index (κ1) is 20.8. The normalized spacial score (nSPS) is 12.0. The quantitative estimate of drug-likeness (QED) is 0.622. The number of hydrogen-bond acceptors (Lipinski definition) is 6. The molecular weight excluding hydrogens is 388 g/mol. The fraction of sp³-hybridized carbons (Fsp3) is 0.182. The topological polar surface area (TPSA) is 103 Å². The van der Waals surface area contributed by atoms with E-state index >= 15 is 0 Å². The molecule has 0 unspecified atom stereocenters. The van der Waals surface area contributed by atoms with Crippen molar-refractivity contribution in [2.45, 2.75) is 0 Å². The summed E-state index contributed by atoms with van der Waals surface area (Å²) in [5, 5.41) is 0.244. The number of aromatic nitrogens is 2. The summed E-state index contributed by atoms with van der Waals surface area (Å²) in [5.41, 5.74) is 0.475. The van der Waals surface area contributed by atoms with E-state index in [-0.39, 0.29) is 10.7 Å². The Hall–Kier alpha value is -3.94. The Bertz CT molecular complexity index is 1190. The molecule has 0 radical (unpaired) electrons. The Morgan fingerprint density at radius 2 is 0.967 bits per heavy atom. The highest BCUT2D eigenvalue weighted by molar-refractivity contribution is 5.56. The van der Waals surface area contributed by atoms with Gasteiger partial charge in [-0.2, -0.15) is 0 Å². The number of rotatable bonds is 6. The minimum atomic E-state index is -0.434. The first-order valence-corrected chi connectivity index (χ1v) is 8.99. The van der Waals surface area contributed by atoms with Crippen LogP contribution in [-0.2, 0) is 0 Å². The van der Waals surface area contributed by atoms with Crippen molar-refractivity contribution in [3.63, 3.8) is 0 Å². The van der Waals surface area contributed by atoms with Gasteiger partial charge in [-0.1, -0.05) is 12.1 Å². The zero-order chi connectivity index (χ0) is 21.7. The van der Waals surface area contributed by atoms with E-state index in [1.54, 1.807) is 48.6 Å². The molecule has 0 aliphatic carbocycles. The highest BCUT2D eigenvalue weighted by Gasteiger charge is 2.05. The fourth-order valence-corrected chi connectivity index (χ4v) is 2.91. The van der Waals surface area contributed by atoms with Gasteiger partial charge in [0.25, 0.3) is 11.1 Å². The zero-order valence-electron chi connectivity index (χ0n) is 17.1. The molecule has 0 bridgehead atoms. The Labute approximate surface area is 172 Å². The van der Waals surface area contributed by atoms with Crippen LogP contribution in [0.4, 0.5) is 0 Å². The smallest absolute Gasteiger partial charge is 0.272 e. The molecule has 2 aromatic carbocycles. The van der Waals surface area contributed by atoms with Crippen molar-refractivity contribution in [3.05, 3.63) is 78.9 Å². The summed E-state index contributed by atoms with van der Waals surface area (Å²) in [6, 6.07) is 10.4. The first-order valence-electron chi connectivity index (χ1n) is 8.99. The summed E-state index contributed by atoms with van der Waals surface area (Å²) < 4.78 is 20.9. The third-order valence-corrected chi connectivity index (χ3v) is 4.42. The van der Waals surface area contributed by atoms with Gasteiger partial charge < -0.3 is 28.9 Å². The molecule has 0 fully saturated rings. The largest absolute Gasteiger partial charge is 0.493 e. The van der Waals surface area contributed by atoms with Crippen LogP contribution in [0.5, 0.6) is 23.0 Å². The standard InChI is InChI=1S/C22H22N2O6/c1-27-17-7-5-13(11-19(17)29-3)9-15-21(25)24-16(22(26)23-15)10-14-6-8-18(28-2)20(12-14)30-4/h5-12H,1-4H3,(H,23,26)(H,24,25)/b15-9-,16-10-. The lowest BCUT2D eigenvalue weighted by atomic mass is 10.2. The molecule has 0 amide bonds. The zero-order valence-corrected chi connectivity index (χ0v) is 17.1. The third kappa shape index (κ3) is 4.38. The Balaban J connectivity index is 2.06. The van der Waals surface area contributed by atoms with Crippen molar-refractivity contribution < 1.29 is 18.9 Å². The predicted molar refractivity (Wildman–Crippen MR) is 113 cm³/mol. The molecule has 30 heavy (non-hydrogen) atoms. The summed E-state index contributed by atoms with van der Waals surface area (Å²) in [6.45, 7) is 0. The predicted octanol–water partition coefficient (Wildman–Crippen LogP) is 0.755. The van der Waals surface area contributed by atoms with Crippen LogP contribution in [0.1, 0.15) is 11.1 Å². The molecule has 0 aliphatic rings. The van der Waals surface area contributed by atoms with E-state index in [0.29, 0.717) is 34.1 Å². The fourth-order valence-electron chi connectivity index (χ4n) is 2.91. The van der Waals surface area contributed by atoms with Gasteiger partial charge in [-0.05, 0) is 47.5 Å². The van der Waals surface area contributed by atoms with Crippen LogP contribution >= 0.6 is 0 Å². The van der Waals surface area contributed by atoms with Gasteiger partial charge in [0.2, 0.25) is 0 Å². The van der Waals surface area contributed by atoms with E-state index in [1.165, 1.54) is 28.4 Å². The number of nitrogens with one attached hydrogen (secondary N) is 2. The van der Waals surface area contributed by atoms with Crippen LogP contribution in [0.2, 0.25) is 0 Å². The van der Waals surface area contributed by atoms with Crippen LogP contribution in [0.25, 0.3) is 12.2 Å². The molecule has 0 aliphatic heterocycles. The lowest BCUT2D eigenvalue weighted by molar-refractivity contribution is 0.355. The van der Waals surface area contributed by atoms with Crippen LogP contribution in [-0.4, -0.2) is 38.4 Å². The third-order valence-electron chi connectivity index (χ3n) is 4.42. The first-order chi connectivity index (χ1) is 14.5. The maximum Gasteiger partial charge on any atom is 0.272 e. The van der Waals surface area contributed by atoms with Gasteiger partial charge in [0, 0.05) is 0 Å². The van der Waals surface area contributed by atoms with Gasteiger partial charge in [0.15, 0.2) is 23.0 Å². The Kier molecular flexibility index (Phi) is 6.26. The minimum absolute atomic E-state index is 0.122. The van der Waals surface area contributed by atoms with E-state index < -0.39 is 11.1 Å². The van der Waals surface area contributed by atoms with E-state index in [9.17, 15) is 9.59 Å². The highest BCUT2D eigenvalue weighted by atomic mass is 16.5. The average Bonchev–Trinajstić information content (AvgIpc) is 2.76. The van der Waals surface area contributed by atoms with Crippen molar-refractivity contribution in [2.75, 3.05) is 28.4 Å². The SMILES string of the molecule is COc1ccc(/C=c2\[nH]c(=O)/c(=C/c3ccc(OC)c(OC)c3)[nH]c2=O)cc1OC. The number of hydrogen-bond donors (Lipinski definition) is 2. The second-order valence-electron chi connectivity index (χ2n) is 6.25. The number of benzene rings is 2. The maximum atomic E-state index is 12.5. The molecule has 8 nitrogen and oxygen atoms in total. The second kappa shape index (κ2) is 9.04. The molecule has 8 heteroatoms. The molecule has 1 heterocycles. The number of methoxy groups -OCH3 is 4.